The number of hydrogen-bond donors (Lipinski definition) is 1. The van der Waals surface area contributed by atoms with Crippen molar-refractivity contribution in [3.63, 3.8) is 0 Å². The van der Waals surface area contributed by atoms with Gasteiger partial charge in [-0.05, 0) is 54.6 Å². The molecule has 162 valence electrons. The summed E-state index contributed by atoms with van der Waals surface area (Å²) in [5.41, 5.74) is 3.02. The van der Waals surface area contributed by atoms with Crippen LogP contribution >= 0.6 is 23.2 Å². The number of rotatable bonds is 7. The van der Waals surface area contributed by atoms with Crippen LogP contribution in [-0.2, 0) is 14.8 Å². The van der Waals surface area contributed by atoms with Crippen LogP contribution in [0.15, 0.2) is 64.1 Å². The Morgan fingerprint density at radius 1 is 1.16 bits per heavy atom. The molecule has 0 saturated heterocycles. The van der Waals surface area contributed by atoms with Gasteiger partial charge in [-0.3, -0.25) is 9.10 Å². The Hall–Kier alpha value is -2.88. The number of sulfonamides is 1. The molecule has 1 N–H and O–H groups in total. The molecule has 0 bridgehead atoms. The molecule has 7 nitrogen and oxygen atoms in total. The highest BCUT2D eigenvalue weighted by atomic mass is 35.5. The predicted molar refractivity (Wildman–Crippen MR) is 118 cm³/mol. The van der Waals surface area contributed by atoms with Gasteiger partial charge in [0.2, 0.25) is 10.0 Å². The topological polar surface area (TPSA) is 92.0 Å². The molecule has 1 heterocycles. The standard InChI is InChI=1S/C20H16Cl2FN3O4S/c1-31(28,29)26(15-5-3-14(23)4-6-15)12-20(27)25-24-11-16-7-9-19(30-16)17-8-2-13(21)10-18(17)22/h2-11H,12H2,1H3,(H,25,27)/b24-11-. The van der Waals surface area contributed by atoms with E-state index in [1.165, 1.54) is 18.3 Å². The van der Waals surface area contributed by atoms with Crippen LogP contribution in [0.5, 0.6) is 0 Å². The van der Waals surface area contributed by atoms with Gasteiger partial charge < -0.3 is 4.42 Å². The van der Waals surface area contributed by atoms with E-state index in [2.05, 4.69) is 10.5 Å². The van der Waals surface area contributed by atoms with Crippen LogP contribution in [0.25, 0.3) is 11.3 Å². The van der Waals surface area contributed by atoms with Gasteiger partial charge >= 0.3 is 0 Å². The van der Waals surface area contributed by atoms with Gasteiger partial charge in [0.25, 0.3) is 5.91 Å². The summed E-state index contributed by atoms with van der Waals surface area (Å²) in [5.74, 6) is -0.406. The number of nitrogens with one attached hydrogen (secondary N) is 1. The average Bonchev–Trinajstić information content (AvgIpc) is 3.14. The molecule has 0 radical (unpaired) electrons. The molecule has 0 fully saturated rings. The van der Waals surface area contributed by atoms with Gasteiger partial charge in [0.15, 0.2) is 0 Å². The Bertz CT molecular complexity index is 1230. The Labute approximate surface area is 188 Å². The van der Waals surface area contributed by atoms with Crippen molar-refractivity contribution in [2.45, 2.75) is 0 Å². The third kappa shape index (κ3) is 6.06. The quantitative estimate of drug-likeness (QED) is 0.400. The summed E-state index contributed by atoms with van der Waals surface area (Å²) in [6.45, 7) is -0.536. The molecule has 0 spiro atoms. The molecule has 0 saturated carbocycles. The van der Waals surface area contributed by atoms with Crippen molar-refractivity contribution in [2.75, 3.05) is 17.1 Å². The summed E-state index contributed by atoms with van der Waals surface area (Å²) in [7, 11) is -3.78. The van der Waals surface area contributed by atoms with E-state index in [4.69, 9.17) is 27.6 Å². The van der Waals surface area contributed by atoms with Crippen LogP contribution < -0.4 is 9.73 Å². The molecule has 2 aromatic carbocycles. The lowest BCUT2D eigenvalue weighted by Crippen LogP contribution is -2.39. The number of hydrazone groups is 1. The second-order valence-electron chi connectivity index (χ2n) is 6.37. The van der Waals surface area contributed by atoms with Crippen LogP contribution in [0.3, 0.4) is 0 Å². The van der Waals surface area contributed by atoms with E-state index in [1.54, 1.807) is 30.3 Å². The summed E-state index contributed by atoms with van der Waals surface area (Å²) in [6, 6.07) is 13.0. The highest BCUT2D eigenvalue weighted by Gasteiger charge is 2.20. The molecule has 1 amide bonds. The summed E-state index contributed by atoms with van der Waals surface area (Å²) in [6.07, 6.45) is 2.20. The SMILES string of the molecule is CS(=O)(=O)N(CC(=O)N/N=C\c1ccc(-c2ccc(Cl)cc2Cl)o1)c1ccc(F)cc1. The Morgan fingerprint density at radius 2 is 1.87 bits per heavy atom. The number of nitrogens with zero attached hydrogens (tertiary/aromatic N) is 2. The van der Waals surface area contributed by atoms with Crippen LogP contribution in [0.1, 0.15) is 5.76 Å². The minimum Gasteiger partial charge on any atom is -0.455 e. The number of carbonyl (C=O) groups excluding carboxylic acids is 1. The van der Waals surface area contributed by atoms with Crippen LogP contribution in [0, 0.1) is 5.82 Å². The largest absolute Gasteiger partial charge is 0.455 e. The third-order valence-corrected chi connectivity index (χ3v) is 5.69. The normalized spacial score (nSPS) is 11.6. The fourth-order valence-electron chi connectivity index (χ4n) is 2.60. The van der Waals surface area contributed by atoms with E-state index in [0.717, 1.165) is 22.7 Å². The highest BCUT2D eigenvalue weighted by molar-refractivity contribution is 7.92. The Morgan fingerprint density at radius 3 is 2.52 bits per heavy atom. The summed E-state index contributed by atoms with van der Waals surface area (Å²) >= 11 is 12.0. The molecule has 11 heteroatoms. The number of amides is 1. The van der Waals surface area contributed by atoms with Gasteiger partial charge in [-0.15, -0.1) is 0 Å². The second-order valence-corrected chi connectivity index (χ2v) is 9.12. The Balaban J connectivity index is 1.66. The molecule has 1 aromatic heterocycles. The molecule has 31 heavy (non-hydrogen) atoms. The van der Waals surface area contributed by atoms with Gasteiger partial charge in [-0.1, -0.05) is 23.2 Å². The van der Waals surface area contributed by atoms with Gasteiger partial charge in [0, 0.05) is 10.6 Å². The number of hydrogen-bond acceptors (Lipinski definition) is 5. The molecule has 0 unspecified atom stereocenters. The molecule has 0 aliphatic carbocycles. The first-order valence-corrected chi connectivity index (χ1v) is 11.3. The molecule has 0 aliphatic heterocycles. The maximum atomic E-state index is 13.1. The average molecular weight is 484 g/mol. The maximum Gasteiger partial charge on any atom is 0.260 e. The molecule has 3 rings (SSSR count). The summed E-state index contributed by atoms with van der Waals surface area (Å²) in [4.78, 5) is 12.2. The van der Waals surface area contributed by atoms with Crippen molar-refractivity contribution in [3.8, 4) is 11.3 Å². The lowest BCUT2D eigenvalue weighted by Gasteiger charge is -2.21. The first-order valence-electron chi connectivity index (χ1n) is 8.74. The minimum absolute atomic E-state index is 0.151. The smallest absolute Gasteiger partial charge is 0.260 e. The minimum atomic E-state index is -3.78. The Kier molecular flexibility index (Phi) is 6.99. The van der Waals surface area contributed by atoms with E-state index >= 15 is 0 Å². The van der Waals surface area contributed by atoms with Crippen molar-refractivity contribution in [2.24, 2.45) is 5.10 Å². The maximum absolute atomic E-state index is 13.1. The van der Waals surface area contributed by atoms with Crippen molar-refractivity contribution in [3.05, 3.63) is 76.2 Å². The summed E-state index contributed by atoms with van der Waals surface area (Å²) < 4.78 is 43.6. The number of furan rings is 1. The van der Waals surface area contributed by atoms with E-state index in [9.17, 15) is 17.6 Å². The summed E-state index contributed by atoms with van der Waals surface area (Å²) in [5, 5.41) is 4.69. The first kappa shape index (κ1) is 22.8. The van der Waals surface area contributed by atoms with Crippen molar-refractivity contribution < 1.29 is 22.0 Å². The predicted octanol–water partition coefficient (Wildman–Crippen LogP) is 4.31. The zero-order valence-electron chi connectivity index (χ0n) is 16.1. The van der Waals surface area contributed by atoms with Gasteiger partial charge in [-0.25, -0.2) is 18.2 Å². The number of benzene rings is 2. The fourth-order valence-corrected chi connectivity index (χ4v) is 3.96. The number of halogens is 3. The molecule has 0 atom stereocenters. The highest BCUT2D eigenvalue weighted by Crippen LogP contribution is 2.31. The molecular weight excluding hydrogens is 468 g/mol. The van der Waals surface area contributed by atoms with Crippen molar-refractivity contribution in [1.82, 2.24) is 5.43 Å². The van der Waals surface area contributed by atoms with Gasteiger partial charge in [0.05, 0.1) is 23.2 Å². The zero-order valence-corrected chi connectivity index (χ0v) is 18.4. The third-order valence-electron chi connectivity index (χ3n) is 4.01. The number of carbonyl (C=O) groups is 1. The molecular formula is C20H16Cl2FN3O4S. The lowest BCUT2D eigenvalue weighted by atomic mass is 10.2. The van der Waals surface area contributed by atoms with Crippen LogP contribution in [0.2, 0.25) is 10.0 Å². The fraction of sp³-hybridized carbons (Fsp3) is 0.100. The molecule has 0 aliphatic rings. The van der Waals surface area contributed by atoms with Crippen molar-refractivity contribution >= 4 is 51.0 Å². The van der Waals surface area contributed by atoms with Crippen LogP contribution in [-0.4, -0.2) is 33.3 Å². The second kappa shape index (κ2) is 9.51. The first-order chi connectivity index (χ1) is 14.6. The van der Waals surface area contributed by atoms with E-state index in [0.29, 0.717) is 27.1 Å². The lowest BCUT2D eigenvalue weighted by molar-refractivity contribution is -0.119. The number of anilines is 1. The van der Waals surface area contributed by atoms with E-state index in [1.807, 2.05) is 0 Å². The monoisotopic (exact) mass is 483 g/mol. The van der Waals surface area contributed by atoms with Crippen LogP contribution in [0.4, 0.5) is 10.1 Å². The molecule has 3 aromatic rings. The zero-order chi connectivity index (χ0) is 22.6. The van der Waals surface area contributed by atoms with Gasteiger partial charge in [0.1, 0.15) is 23.9 Å². The van der Waals surface area contributed by atoms with Crippen molar-refractivity contribution in [1.29, 1.82) is 0 Å². The van der Waals surface area contributed by atoms with Gasteiger partial charge in [-0.2, -0.15) is 5.10 Å². The van der Waals surface area contributed by atoms with E-state index in [-0.39, 0.29) is 5.69 Å². The van der Waals surface area contributed by atoms with E-state index < -0.39 is 28.3 Å².